The average Bonchev–Trinajstić information content (AvgIpc) is 2.87. The zero-order valence-corrected chi connectivity index (χ0v) is 15.1. The number of aliphatic carboxylic acids is 1. The number of nitrogens with one attached hydrogen (secondary N) is 2. The van der Waals surface area contributed by atoms with Gasteiger partial charge in [-0.25, -0.2) is 4.98 Å². The van der Waals surface area contributed by atoms with Gasteiger partial charge in [-0.3, -0.25) is 4.79 Å². The van der Waals surface area contributed by atoms with Gasteiger partial charge < -0.3 is 20.3 Å². The number of anilines is 2. The van der Waals surface area contributed by atoms with Gasteiger partial charge in [-0.2, -0.15) is 0 Å². The second kappa shape index (κ2) is 8.99. The summed E-state index contributed by atoms with van der Waals surface area (Å²) in [6.07, 6.45) is 1.33. The van der Waals surface area contributed by atoms with Gasteiger partial charge in [0.1, 0.15) is 11.3 Å². The van der Waals surface area contributed by atoms with E-state index in [-0.39, 0.29) is 6.42 Å². The molecule has 0 atom stereocenters. The highest BCUT2D eigenvalue weighted by Gasteiger charge is 2.15. The van der Waals surface area contributed by atoms with Crippen LogP contribution in [0.15, 0.2) is 12.1 Å². The van der Waals surface area contributed by atoms with Gasteiger partial charge in [0.25, 0.3) is 0 Å². The molecule has 8 heteroatoms. The predicted molar refractivity (Wildman–Crippen MR) is 99.7 cm³/mol. The van der Waals surface area contributed by atoms with E-state index in [0.717, 1.165) is 28.2 Å². The summed E-state index contributed by atoms with van der Waals surface area (Å²) in [6, 6.07) is 4.00. The molecule has 3 N–H and O–H groups in total. The van der Waals surface area contributed by atoms with E-state index < -0.39 is 5.97 Å². The molecule has 132 valence electrons. The van der Waals surface area contributed by atoms with Crippen molar-refractivity contribution in [3.8, 4) is 0 Å². The van der Waals surface area contributed by atoms with E-state index in [9.17, 15) is 4.79 Å². The van der Waals surface area contributed by atoms with Crippen molar-refractivity contribution >= 4 is 51.6 Å². The predicted octanol–water partition coefficient (Wildman–Crippen LogP) is 3.28. The normalized spacial score (nSPS) is 11.0. The van der Waals surface area contributed by atoms with Crippen LogP contribution in [0.4, 0.5) is 11.4 Å². The quantitative estimate of drug-likeness (QED) is 0.557. The Morgan fingerprint density at radius 2 is 1.96 bits per heavy atom. The molecule has 1 aromatic carbocycles. The van der Waals surface area contributed by atoms with E-state index in [1.165, 1.54) is 0 Å². The average molecular weight is 373 g/mol. The number of benzene rings is 1. The maximum absolute atomic E-state index is 10.7. The van der Waals surface area contributed by atoms with Crippen LogP contribution in [0.1, 0.15) is 18.7 Å². The molecule has 2 rings (SSSR count). The second-order valence-corrected chi connectivity index (χ2v) is 6.18. The minimum atomic E-state index is -0.786. The van der Waals surface area contributed by atoms with E-state index >= 15 is 0 Å². The molecule has 0 amide bonds. The van der Waals surface area contributed by atoms with E-state index in [1.54, 1.807) is 0 Å². The number of fused-ring (bicyclic) bond motifs is 1. The number of hydrogen-bond donors (Lipinski definition) is 3. The highest BCUT2D eigenvalue weighted by atomic mass is 35.5. The van der Waals surface area contributed by atoms with Crippen LogP contribution in [0.25, 0.3) is 11.0 Å². The van der Waals surface area contributed by atoms with Crippen LogP contribution in [0.5, 0.6) is 0 Å². The largest absolute Gasteiger partial charge is 0.481 e. The fourth-order valence-corrected chi connectivity index (χ4v) is 2.80. The van der Waals surface area contributed by atoms with Gasteiger partial charge in [0.2, 0.25) is 0 Å². The number of aryl methyl sites for hydroxylation is 2. The van der Waals surface area contributed by atoms with Gasteiger partial charge in [0.15, 0.2) is 0 Å². The number of carboxylic acid groups (broad SMARTS) is 1. The summed E-state index contributed by atoms with van der Waals surface area (Å²) < 4.78 is 2.01. The number of carboxylic acids is 1. The van der Waals surface area contributed by atoms with Gasteiger partial charge >= 0.3 is 5.97 Å². The molecular formula is C16H22Cl2N4O2. The van der Waals surface area contributed by atoms with Crippen molar-refractivity contribution in [2.24, 2.45) is 7.05 Å². The highest BCUT2D eigenvalue weighted by Crippen LogP contribution is 2.31. The van der Waals surface area contributed by atoms with Crippen molar-refractivity contribution in [3.63, 3.8) is 0 Å². The highest BCUT2D eigenvalue weighted by molar-refractivity contribution is 6.18. The lowest BCUT2D eigenvalue weighted by atomic mass is 10.2. The van der Waals surface area contributed by atoms with E-state index in [0.29, 0.717) is 37.7 Å². The van der Waals surface area contributed by atoms with Crippen molar-refractivity contribution in [1.82, 2.24) is 9.55 Å². The Morgan fingerprint density at radius 1 is 1.25 bits per heavy atom. The van der Waals surface area contributed by atoms with Gasteiger partial charge in [0, 0.05) is 44.7 Å². The van der Waals surface area contributed by atoms with Crippen LogP contribution in [-0.4, -0.2) is 45.5 Å². The fraction of sp³-hybridized carbons (Fsp3) is 0.500. The van der Waals surface area contributed by atoms with Crippen molar-refractivity contribution in [3.05, 3.63) is 18.0 Å². The van der Waals surface area contributed by atoms with E-state index in [4.69, 9.17) is 33.3 Å². The molecule has 1 aromatic heterocycles. The van der Waals surface area contributed by atoms with E-state index in [2.05, 4.69) is 10.6 Å². The van der Waals surface area contributed by atoms with Crippen LogP contribution >= 0.6 is 23.2 Å². The van der Waals surface area contributed by atoms with Crippen LogP contribution in [-0.2, 0) is 18.3 Å². The van der Waals surface area contributed by atoms with Gasteiger partial charge in [-0.05, 0) is 18.6 Å². The number of aromatic nitrogens is 2. The number of halogens is 2. The van der Waals surface area contributed by atoms with Crippen molar-refractivity contribution in [2.75, 3.05) is 35.5 Å². The van der Waals surface area contributed by atoms with Crippen molar-refractivity contribution in [2.45, 2.75) is 19.3 Å². The first-order chi connectivity index (χ1) is 11.6. The molecule has 0 fully saturated rings. The van der Waals surface area contributed by atoms with Gasteiger partial charge in [-0.1, -0.05) is 0 Å². The van der Waals surface area contributed by atoms with E-state index in [1.807, 2.05) is 23.7 Å². The van der Waals surface area contributed by atoms with Crippen molar-refractivity contribution < 1.29 is 9.90 Å². The maximum Gasteiger partial charge on any atom is 0.303 e. The lowest BCUT2D eigenvalue weighted by Gasteiger charge is -2.13. The van der Waals surface area contributed by atoms with Gasteiger partial charge in [0.05, 0.1) is 16.9 Å². The molecule has 0 saturated heterocycles. The number of hydrogen-bond acceptors (Lipinski definition) is 4. The number of alkyl halides is 2. The molecule has 6 nitrogen and oxygen atoms in total. The molecule has 1 heterocycles. The number of nitrogens with zero attached hydrogens (tertiary/aromatic N) is 2. The summed E-state index contributed by atoms with van der Waals surface area (Å²) in [5.41, 5.74) is 3.68. The minimum Gasteiger partial charge on any atom is -0.481 e. The number of imidazole rings is 1. The van der Waals surface area contributed by atoms with Crippen LogP contribution in [0.2, 0.25) is 0 Å². The van der Waals surface area contributed by atoms with Crippen LogP contribution < -0.4 is 10.6 Å². The molecule has 0 radical (unpaired) electrons. The Labute approximate surface area is 151 Å². The standard InChI is InChI=1S/C16H22Cl2N4O2/c1-22-12-6-5-11(19-9-7-17)15(20-10-8-18)16(12)21-13(22)3-2-4-14(23)24/h5-6,19-20H,2-4,7-10H2,1H3,(H,23,24). The maximum atomic E-state index is 10.7. The summed E-state index contributed by atoms with van der Waals surface area (Å²) in [6.45, 7) is 1.28. The zero-order valence-electron chi connectivity index (χ0n) is 13.6. The van der Waals surface area contributed by atoms with Gasteiger partial charge in [-0.15, -0.1) is 23.2 Å². The molecule has 0 aliphatic carbocycles. The monoisotopic (exact) mass is 372 g/mol. The molecular weight excluding hydrogens is 351 g/mol. The molecule has 2 aromatic rings. The lowest BCUT2D eigenvalue weighted by Crippen LogP contribution is -2.09. The first kappa shape index (κ1) is 18.7. The molecule has 0 bridgehead atoms. The molecule has 0 unspecified atom stereocenters. The Bertz CT molecular complexity index is 703. The Kier molecular flexibility index (Phi) is 6.99. The molecule has 24 heavy (non-hydrogen) atoms. The lowest BCUT2D eigenvalue weighted by molar-refractivity contribution is -0.137. The van der Waals surface area contributed by atoms with Crippen molar-refractivity contribution in [1.29, 1.82) is 0 Å². The topological polar surface area (TPSA) is 79.2 Å². The fourth-order valence-electron chi connectivity index (χ4n) is 2.61. The number of carbonyl (C=O) groups is 1. The third-order valence-electron chi connectivity index (χ3n) is 3.74. The second-order valence-electron chi connectivity index (χ2n) is 5.42. The summed E-state index contributed by atoms with van der Waals surface area (Å²) in [5.74, 6) is 1.08. The molecule has 0 aliphatic heterocycles. The summed E-state index contributed by atoms with van der Waals surface area (Å²) >= 11 is 11.6. The molecule has 0 aliphatic rings. The SMILES string of the molecule is Cn1c(CCCC(=O)O)nc2c(NCCCl)c(NCCCl)ccc21. The number of rotatable bonds is 10. The third-order valence-corrected chi connectivity index (χ3v) is 4.12. The Morgan fingerprint density at radius 3 is 2.62 bits per heavy atom. The Balaban J connectivity index is 2.35. The van der Waals surface area contributed by atoms with Crippen LogP contribution in [0, 0.1) is 0 Å². The molecule has 0 saturated carbocycles. The smallest absolute Gasteiger partial charge is 0.303 e. The third kappa shape index (κ3) is 4.45. The Hall–Kier alpha value is -1.66. The zero-order chi connectivity index (χ0) is 17.5. The summed E-state index contributed by atoms with van der Waals surface area (Å²) in [7, 11) is 1.95. The first-order valence-corrected chi connectivity index (χ1v) is 8.95. The minimum absolute atomic E-state index is 0.142. The molecule has 0 spiro atoms. The van der Waals surface area contributed by atoms with Crippen LogP contribution in [0.3, 0.4) is 0 Å². The summed E-state index contributed by atoms with van der Waals surface area (Å²) in [4.78, 5) is 15.4. The summed E-state index contributed by atoms with van der Waals surface area (Å²) in [5, 5.41) is 15.4. The first-order valence-electron chi connectivity index (χ1n) is 7.88.